The van der Waals surface area contributed by atoms with Gasteiger partial charge in [-0.15, -0.1) is 0 Å². The van der Waals surface area contributed by atoms with Crippen LogP contribution in [0, 0.1) is 50.2 Å². The molecule has 8 atom stereocenters. The molecule has 0 aromatic heterocycles. The van der Waals surface area contributed by atoms with E-state index in [1.807, 2.05) is 0 Å². The lowest BCUT2D eigenvalue weighted by molar-refractivity contribution is -0.202. The molecule has 5 aliphatic rings. The Hall–Kier alpha value is -0.630. The van der Waals surface area contributed by atoms with Gasteiger partial charge in [-0.05, 0) is 96.2 Å². The van der Waals surface area contributed by atoms with Crippen molar-refractivity contribution in [2.45, 2.75) is 119 Å². The first kappa shape index (κ1) is 23.1. The first-order valence-electron chi connectivity index (χ1n) is 13.5. The minimum atomic E-state index is -0.166. The van der Waals surface area contributed by atoms with Crippen molar-refractivity contribution in [1.29, 1.82) is 0 Å². The Kier molecular flexibility index (Phi) is 4.71. The number of allylic oxidation sites excluding steroid dienone is 2. The van der Waals surface area contributed by atoms with Crippen LogP contribution in [0.1, 0.15) is 113 Å². The molecule has 0 spiro atoms. The fraction of sp³-hybridized carbons (Fsp3) is 0.900. The molecule has 0 aliphatic heterocycles. The van der Waals surface area contributed by atoms with Gasteiger partial charge in [0.2, 0.25) is 0 Å². The number of carbonyl (C=O) groups excluding carboxylic acids is 1. The molecule has 0 radical (unpaired) electrons. The van der Waals surface area contributed by atoms with Gasteiger partial charge in [0.05, 0.1) is 6.10 Å². The van der Waals surface area contributed by atoms with Gasteiger partial charge < -0.3 is 5.11 Å². The van der Waals surface area contributed by atoms with E-state index in [2.05, 4.69) is 61.5 Å². The summed E-state index contributed by atoms with van der Waals surface area (Å²) in [5.74, 6) is 2.21. The van der Waals surface area contributed by atoms with Crippen LogP contribution in [0.2, 0.25) is 0 Å². The highest BCUT2D eigenvalue weighted by Gasteiger charge is 2.68. The van der Waals surface area contributed by atoms with Crippen LogP contribution in [-0.4, -0.2) is 17.0 Å². The minimum absolute atomic E-state index is 0.00414. The lowest BCUT2D eigenvalue weighted by Gasteiger charge is -2.71. The van der Waals surface area contributed by atoms with E-state index < -0.39 is 0 Å². The van der Waals surface area contributed by atoms with Crippen LogP contribution in [0.4, 0.5) is 0 Å². The van der Waals surface area contributed by atoms with E-state index in [0.717, 1.165) is 38.5 Å². The Labute approximate surface area is 197 Å². The van der Waals surface area contributed by atoms with Gasteiger partial charge in [-0.25, -0.2) is 0 Å². The molecule has 5 rings (SSSR count). The Bertz CT molecular complexity index is 866. The minimum Gasteiger partial charge on any atom is -0.393 e. The number of ketones is 1. The molecule has 1 N–H and O–H groups in total. The molecule has 0 heterocycles. The van der Waals surface area contributed by atoms with Crippen molar-refractivity contribution in [2.24, 2.45) is 50.2 Å². The maximum absolute atomic E-state index is 13.4. The Morgan fingerprint density at radius 1 is 0.875 bits per heavy atom. The average molecular weight is 441 g/mol. The molecular weight excluding hydrogens is 392 g/mol. The third-order valence-electron chi connectivity index (χ3n) is 12.8. The number of Topliss-reactive ketones (excluding diaryl/α,β-unsaturated/α-hetero) is 1. The van der Waals surface area contributed by atoms with Gasteiger partial charge in [0.25, 0.3) is 0 Å². The van der Waals surface area contributed by atoms with Crippen LogP contribution < -0.4 is 0 Å². The molecule has 0 aromatic rings. The maximum atomic E-state index is 13.4. The highest BCUT2D eigenvalue weighted by atomic mass is 16.3. The number of aliphatic hydroxyl groups excluding tert-OH is 1. The van der Waals surface area contributed by atoms with Crippen LogP contribution in [-0.2, 0) is 4.79 Å². The highest BCUT2D eigenvalue weighted by molar-refractivity contribution is 5.87. The van der Waals surface area contributed by atoms with Gasteiger partial charge in [-0.1, -0.05) is 67.0 Å². The van der Waals surface area contributed by atoms with E-state index in [4.69, 9.17) is 0 Å². The summed E-state index contributed by atoms with van der Waals surface area (Å²) in [5, 5.41) is 10.9. The van der Waals surface area contributed by atoms with Crippen LogP contribution in [0.5, 0.6) is 0 Å². The van der Waals surface area contributed by atoms with Crippen molar-refractivity contribution in [2.75, 3.05) is 0 Å². The summed E-state index contributed by atoms with van der Waals surface area (Å²) in [6.07, 6.45) is 12.4. The summed E-state index contributed by atoms with van der Waals surface area (Å²) >= 11 is 0. The fourth-order valence-corrected chi connectivity index (χ4v) is 10.4. The molecule has 4 fully saturated rings. The molecule has 2 nitrogen and oxygen atoms in total. The number of hydrogen-bond acceptors (Lipinski definition) is 2. The maximum Gasteiger partial charge on any atom is 0.139 e. The molecule has 32 heavy (non-hydrogen) atoms. The monoisotopic (exact) mass is 440 g/mol. The van der Waals surface area contributed by atoms with Crippen molar-refractivity contribution < 1.29 is 9.90 Å². The number of hydrogen-bond donors (Lipinski definition) is 1. The van der Waals surface area contributed by atoms with Crippen LogP contribution in [0.25, 0.3) is 0 Å². The molecule has 8 unspecified atom stereocenters. The molecule has 0 bridgehead atoms. The van der Waals surface area contributed by atoms with Crippen molar-refractivity contribution >= 4 is 5.78 Å². The smallest absolute Gasteiger partial charge is 0.139 e. The average Bonchev–Trinajstić information content (AvgIpc) is 2.67. The molecular formula is C30H48O2. The predicted octanol–water partition coefficient (Wildman–Crippen LogP) is 7.35. The van der Waals surface area contributed by atoms with Gasteiger partial charge in [0.1, 0.15) is 5.78 Å². The van der Waals surface area contributed by atoms with Crippen molar-refractivity contribution in [3.05, 3.63) is 11.6 Å². The lowest BCUT2D eigenvalue weighted by Crippen LogP contribution is -2.65. The second kappa shape index (κ2) is 6.52. The first-order chi connectivity index (χ1) is 14.6. The van der Waals surface area contributed by atoms with E-state index in [-0.39, 0.29) is 33.2 Å². The van der Waals surface area contributed by atoms with Crippen molar-refractivity contribution in [3.63, 3.8) is 0 Å². The SMILES string of the molecule is CC1(C)CC(=O)C2(C)CCC3(C)C(=CCC4C5(C)CCC(O)C(C)(C)C5CCC43C)C2C1. The third-order valence-corrected chi connectivity index (χ3v) is 12.8. The molecule has 180 valence electrons. The Morgan fingerprint density at radius 2 is 1.56 bits per heavy atom. The molecule has 0 aromatic carbocycles. The van der Waals surface area contributed by atoms with Crippen molar-refractivity contribution in [1.82, 2.24) is 0 Å². The second-order valence-electron chi connectivity index (χ2n) is 15.1. The highest BCUT2D eigenvalue weighted by Crippen LogP contribution is 2.75. The number of aliphatic hydroxyl groups is 1. The van der Waals surface area contributed by atoms with E-state index in [9.17, 15) is 9.90 Å². The van der Waals surface area contributed by atoms with Gasteiger partial charge >= 0.3 is 0 Å². The zero-order valence-corrected chi connectivity index (χ0v) is 22.1. The summed E-state index contributed by atoms with van der Waals surface area (Å²) in [7, 11) is 0. The first-order valence-corrected chi connectivity index (χ1v) is 13.5. The zero-order valence-electron chi connectivity index (χ0n) is 22.1. The normalized spacial score (nSPS) is 53.9. The second-order valence-corrected chi connectivity index (χ2v) is 15.1. The standard InChI is InChI=1S/C30H48O2/c1-25(2)17-20-19-9-10-22-28(6)13-12-23(31)26(3,4)21(28)11-14-30(22,8)29(19,7)16-15-27(20,5)24(32)18-25/h9,20-23,31H,10-18H2,1-8H3. The topological polar surface area (TPSA) is 37.3 Å². The van der Waals surface area contributed by atoms with Crippen LogP contribution in [0.3, 0.4) is 0 Å². The molecule has 2 heteroatoms. The van der Waals surface area contributed by atoms with Gasteiger partial charge in [0.15, 0.2) is 0 Å². The van der Waals surface area contributed by atoms with E-state index in [1.54, 1.807) is 5.57 Å². The largest absolute Gasteiger partial charge is 0.393 e. The van der Waals surface area contributed by atoms with Crippen molar-refractivity contribution in [3.8, 4) is 0 Å². The Morgan fingerprint density at radius 3 is 2.25 bits per heavy atom. The van der Waals surface area contributed by atoms with E-state index in [0.29, 0.717) is 29.0 Å². The summed E-state index contributed by atoms with van der Waals surface area (Å²) in [6.45, 7) is 19.4. The lowest BCUT2D eigenvalue weighted by atomic mass is 9.33. The zero-order chi connectivity index (χ0) is 23.5. The van der Waals surface area contributed by atoms with E-state index >= 15 is 0 Å². The molecule has 4 saturated carbocycles. The van der Waals surface area contributed by atoms with Crippen LogP contribution >= 0.6 is 0 Å². The van der Waals surface area contributed by atoms with E-state index in [1.165, 1.54) is 19.3 Å². The number of carbonyl (C=O) groups is 1. The summed E-state index contributed by atoms with van der Waals surface area (Å²) in [6, 6.07) is 0. The Balaban J connectivity index is 1.59. The molecule has 0 amide bonds. The summed E-state index contributed by atoms with van der Waals surface area (Å²) in [4.78, 5) is 13.4. The summed E-state index contributed by atoms with van der Waals surface area (Å²) < 4.78 is 0. The van der Waals surface area contributed by atoms with Gasteiger partial charge in [-0.3, -0.25) is 4.79 Å². The third kappa shape index (κ3) is 2.65. The summed E-state index contributed by atoms with van der Waals surface area (Å²) in [5.41, 5.74) is 2.40. The fourth-order valence-electron chi connectivity index (χ4n) is 10.4. The molecule has 0 saturated heterocycles. The van der Waals surface area contributed by atoms with Gasteiger partial charge in [0, 0.05) is 11.8 Å². The van der Waals surface area contributed by atoms with Crippen LogP contribution in [0.15, 0.2) is 11.6 Å². The number of rotatable bonds is 0. The number of fused-ring (bicyclic) bond motifs is 7. The quantitative estimate of drug-likeness (QED) is 0.400. The predicted molar refractivity (Wildman–Crippen MR) is 131 cm³/mol. The van der Waals surface area contributed by atoms with Gasteiger partial charge in [-0.2, -0.15) is 0 Å². The molecule has 5 aliphatic carbocycles.